The third kappa shape index (κ3) is 2.67. The van der Waals surface area contributed by atoms with Crippen LogP contribution in [-0.4, -0.2) is 36.3 Å². The van der Waals surface area contributed by atoms with E-state index in [9.17, 15) is 8.42 Å². The maximum Gasteiger partial charge on any atom is 0.259 e. The number of aryl methyl sites for hydroxylation is 1. The van der Waals surface area contributed by atoms with E-state index in [1.807, 2.05) is 25.1 Å². The summed E-state index contributed by atoms with van der Waals surface area (Å²) in [6.45, 7) is 6.81. The van der Waals surface area contributed by atoms with E-state index in [4.69, 9.17) is 0 Å². The fourth-order valence-corrected chi connectivity index (χ4v) is 4.77. The van der Waals surface area contributed by atoms with Gasteiger partial charge >= 0.3 is 0 Å². The van der Waals surface area contributed by atoms with Crippen molar-refractivity contribution in [2.24, 2.45) is 5.41 Å². The lowest BCUT2D eigenvalue weighted by Crippen LogP contribution is -2.36. The highest BCUT2D eigenvalue weighted by molar-refractivity contribution is 7.89. The van der Waals surface area contributed by atoms with Crippen molar-refractivity contribution in [3.05, 3.63) is 47.9 Å². The third-order valence-electron chi connectivity index (χ3n) is 5.36. The van der Waals surface area contributed by atoms with Crippen LogP contribution in [0.25, 0.3) is 0 Å². The van der Waals surface area contributed by atoms with E-state index < -0.39 is 10.0 Å². The lowest BCUT2D eigenvalue weighted by atomic mass is 9.88. The predicted molar refractivity (Wildman–Crippen MR) is 94.3 cm³/mol. The van der Waals surface area contributed by atoms with Gasteiger partial charge in [-0.05, 0) is 17.4 Å². The predicted octanol–water partition coefficient (Wildman–Crippen LogP) is 2.96. The van der Waals surface area contributed by atoms with E-state index in [0.717, 1.165) is 6.42 Å². The molecule has 5 nitrogen and oxygen atoms in total. The molecule has 1 saturated carbocycles. The number of nitrogens with one attached hydrogen (secondary N) is 1. The van der Waals surface area contributed by atoms with Crippen molar-refractivity contribution < 1.29 is 8.42 Å². The van der Waals surface area contributed by atoms with Crippen LogP contribution in [-0.2, 0) is 21.9 Å². The Labute approximate surface area is 144 Å². The monoisotopic (exact) mass is 347 g/mol. The Morgan fingerprint density at radius 2 is 1.88 bits per heavy atom. The van der Waals surface area contributed by atoms with Crippen LogP contribution in [0.1, 0.15) is 38.6 Å². The molecule has 1 aliphatic carbocycles. The maximum atomic E-state index is 12.9. The second-order valence-electron chi connectivity index (χ2n) is 7.32. The Hall–Kier alpha value is -1.66. The molecule has 1 atom stereocenters. The second kappa shape index (κ2) is 5.70. The summed E-state index contributed by atoms with van der Waals surface area (Å²) in [7, 11) is -1.91. The van der Waals surface area contributed by atoms with E-state index in [1.54, 1.807) is 7.05 Å². The van der Waals surface area contributed by atoms with Crippen LogP contribution in [0.3, 0.4) is 0 Å². The molecule has 24 heavy (non-hydrogen) atoms. The standard InChI is InChI=1S/C18H25N3O2S/c1-5-15-19-11-16(20-15)24(22,23)21(4)13-18(12-17(18,2)3)14-9-7-6-8-10-14/h6-11H,5,12-13H2,1-4H3,(H,19,20). The van der Waals surface area contributed by atoms with Gasteiger partial charge in [0.2, 0.25) is 0 Å². The number of sulfonamides is 1. The molecular weight excluding hydrogens is 322 g/mol. The average molecular weight is 347 g/mol. The summed E-state index contributed by atoms with van der Waals surface area (Å²) in [5.74, 6) is 0.687. The van der Waals surface area contributed by atoms with Crippen LogP contribution in [0, 0.1) is 5.41 Å². The Bertz CT molecular complexity index is 827. The average Bonchev–Trinajstić information content (AvgIpc) is 2.91. The number of H-pyrrole nitrogens is 1. The van der Waals surface area contributed by atoms with Crippen molar-refractivity contribution >= 4 is 10.0 Å². The number of hydrogen-bond acceptors (Lipinski definition) is 3. The molecule has 0 aliphatic heterocycles. The van der Waals surface area contributed by atoms with E-state index in [-0.39, 0.29) is 15.9 Å². The molecule has 6 heteroatoms. The number of aromatic nitrogens is 2. The van der Waals surface area contributed by atoms with Crippen molar-refractivity contribution in [1.29, 1.82) is 0 Å². The van der Waals surface area contributed by atoms with Gasteiger partial charge in [-0.2, -0.15) is 4.31 Å². The fourth-order valence-electron chi connectivity index (χ4n) is 3.61. The third-order valence-corrected chi connectivity index (χ3v) is 7.07. The number of nitrogens with zero attached hydrogens (tertiary/aromatic N) is 2. The Morgan fingerprint density at radius 1 is 1.25 bits per heavy atom. The zero-order valence-electron chi connectivity index (χ0n) is 14.7. The molecule has 0 amide bonds. The van der Waals surface area contributed by atoms with Crippen molar-refractivity contribution in [1.82, 2.24) is 14.3 Å². The SMILES string of the molecule is CCc1ncc(S(=O)(=O)N(C)CC2(c3ccccc3)CC2(C)C)[nH]1. The van der Waals surface area contributed by atoms with Crippen LogP contribution in [0.5, 0.6) is 0 Å². The van der Waals surface area contributed by atoms with Crippen molar-refractivity contribution in [3.63, 3.8) is 0 Å². The Morgan fingerprint density at radius 3 is 2.38 bits per heavy atom. The highest BCUT2D eigenvalue weighted by Crippen LogP contribution is 2.64. The van der Waals surface area contributed by atoms with Gasteiger partial charge in [0.25, 0.3) is 10.0 Å². The smallest absolute Gasteiger partial charge is 0.259 e. The molecule has 1 aromatic heterocycles. The van der Waals surface area contributed by atoms with Crippen molar-refractivity contribution in [2.75, 3.05) is 13.6 Å². The first-order valence-corrected chi connectivity index (χ1v) is 9.73. The molecule has 0 saturated heterocycles. The summed E-state index contributed by atoms with van der Waals surface area (Å²) in [6, 6.07) is 10.2. The Balaban J connectivity index is 1.89. The maximum absolute atomic E-state index is 12.9. The van der Waals surface area contributed by atoms with Crippen molar-refractivity contribution in [3.8, 4) is 0 Å². The van der Waals surface area contributed by atoms with Crippen LogP contribution in [0.15, 0.2) is 41.6 Å². The number of benzene rings is 1. The number of hydrogen-bond donors (Lipinski definition) is 1. The molecular formula is C18H25N3O2S. The van der Waals surface area contributed by atoms with Gasteiger partial charge < -0.3 is 4.98 Å². The van der Waals surface area contributed by atoms with Crippen LogP contribution in [0.2, 0.25) is 0 Å². The fraction of sp³-hybridized carbons (Fsp3) is 0.500. The molecule has 0 bridgehead atoms. The number of likely N-dealkylation sites (N-methyl/N-ethyl adjacent to an activating group) is 1. The van der Waals surface area contributed by atoms with Crippen molar-refractivity contribution in [2.45, 2.75) is 44.1 Å². The summed E-state index contributed by atoms with van der Waals surface area (Å²) in [6.07, 6.45) is 3.07. The second-order valence-corrected chi connectivity index (χ2v) is 9.33. The quantitative estimate of drug-likeness (QED) is 0.874. The summed E-state index contributed by atoms with van der Waals surface area (Å²) in [4.78, 5) is 7.03. The molecule has 1 N–H and O–H groups in total. The largest absolute Gasteiger partial charge is 0.332 e. The molecule has 0 spiro atoms. The molecule has 3 rings (SSSR count). The van der Waals surface area contributed by atoms with Gasteiger partial charge in [-0.1, -0.05) is 51.1 Å². The van der Waals surface area contributed by atoms with Gasteiger partial charge in [0.1, 0.15) is 5.82 Å². The normalized spacial score (nSPS) is 22.7. The van der Waals surface area contributed by atoms with Gasteiger partial charge in [0.15, 0.2) is 5.03 Å². The topological polar surface area (TPSA) is 66.1 Å². The minimum Gasteiger partial charge on any atom is -0.332 e. The van der Waals surface area contributed by atoms with Crippen LogP contribution < -0.4 is 0 Å². The summed E-state index contributed by atoms with van der Waals surface area (Å²) in [5.41, 5.74) is 1.15. The molecule has 1 aromatic carbocycles. The van der Waals surface area contributed by atoms with E-state index in [1.165, 1.54) is 16.1 Å². The summed E-state index contributed by atoms with van der Waals surface area (Å²) < 4.78 is 27.2. The zero-order chi connectivity index (χ0) is 17.6. The first-order valence-electron chi connectivity index (χ1n) is 8.29. The van der Waals surface area contributed by atoms with Crippen LogP contribution in [0.4, 0.5) is 0 Å². The minimum absolute atomic E-state index is 0.0840. The first kappa shape index (κ1) is 17.2. The molecule has 2 aromatic rings. The van der Waals surface area contributed by atoms with Gasteiger partial charge in [0, 0.05) is 25.4 Å². The number of rotatable bonds is 6. The zero-order valence-corrected chi connectivity index (χ0v) is 15.5. The van der Waals surface area contributed by atoms with Gasteiger partial charge in [0.05, 0.1) is 6.20 Å². The molecule has 1 fully saturated rings. The number of aromatic amines is 1. The van der Waals surface area contributed by atoms with Gasteiger partial charge in [-0.25, -0.2) is 13.4 Å². The molecule has 1 aliphatic rings. The molecule has 1 heterocycles. The first-order chi connectivity index (χ1) is 11.2. The molecule has 130 valence electrons. The number of imidazole rings is 1. The summed E-state index contributed by atoms with van der Waals surface area (Å²) in [5, 5.41) is 0.170. The summed E-state index contributed by atoms with van der Waals surface area (Å²) >= 11 is 0. The minimum atomic E-state index is -3.56. The van der Waals surface area contributed by atoms with Gasteiger partial charge in [-0.3, -0.25) is 0 Å². The Kier molecular flexibility index (Phi) is 4.08. The highest BCUT2D eigenvalue weighted by atomic mass is 32.2. The van der Waals surface area contributed by atoms with Crippen LogP contribution >= 0.6 is 0 Å². The molecule has 1 unspecified atom stereocenters. The van der Waals surface area contributed by atoms with E-state index >= 15 is 0 Å². The van der Waals surface area contributed by atoms with E-state index in [2.05, 4.69) is 35.9 Å². The lowest BCUT2D eigenvalue weighted by Gasteiger charge is -2.26. The van der Waals surface area contributed by atoms with E-state index in [0.29, 0.717) is 18.8 Å². The highest BCUT2D eigenvalue weighted by Gasteiger charge is 2.62. The van der Waals surface area contributed by atoms with Gasteiger partial charge in [-0.15, -0.1) is 0 Å². The molecule has 0 radical (unpaired) electrons. The lowest BCUT2D eigenvalue weighted by molar-refractivity contribution is 0.379.